The molecule has 0 unspecified atom stereocenters. The molecule has 0 radical (unpaired) electrons. The minimum atomic E-state index is -1.33. The summed E-state index contributed by atoms with van der Waals surface area (Å²) >= 11 is 31.5. The molecule has 0 bridgehead atoms. The molecule has 1 saturated carbocycles. The zero-order valence-corrected chi connectivity index (χ0v) is 22.2. The summed E-state index contributed by atoms with van der Waals surface area (Å²) in [6, 6.07) is 13.5. The SMILES string of the molecule is Cc1cc([C@@H]2[C@@H](C(=O)Nc3ccc(Cl)c(C(=O)N(C)c4ccc(F)cc4)c3)C2(Cl)Cl)cc(Cl)c1Cl. The Bertz CT molecular complexity index is 1310. The Kier molecular flexibility index (Phi) is 7.29. The number of nitrogens with zero attached hydrogens (tertiary/aromatic N) is 1. The molecule has 1 fully saturated rings. The zero-order chi connectivity index (χ0) is 25.7. The third kappa shape index (κ3) is 5.11. The third-order valence-corrected chi connectivity index (χ3v) is 8.08. The molecule has 1 aliphatic carbocycles. The van der Waals surface area contributed by atoms with E-state index in [9.17, 15) is 14.0 Å². The van der Waals surface area contributed by atoms with Gasteiger partial charge in [0.05, 0.1) is 26.5 Å². The van der Waals surface area contributed by atoms with Crippen molar-refractivity contribution in [3.63, 3.8) is 0 Å². The van der Waals surface area contributed by atoms with Crippen LogP contribution in [0.15, 0.2) is 54.6 Å². The Morgan fingerprint density at radius 2 is 1.63 bits per heavy atom. The van der Waals surface area contributed by atoms with Crippen LogP contribution < -0.4 is 10.2 Å². The molecule has 1 N–H and O–H groups in total. The van der Waals surface area contributed by atoms with E-state index in [1.807, 2.05) is 0 Å². The topological polar surface area (TPSA) is 49.4 Å². The lowest BCUT2D eigenvalue weighted by Gasteiger charge is -2.18. The number of amides is 2. The first-order chi connectivity index (χ1) is 16.4. The van der Waals surface area contributed by atoms with Crippen LogP contribution in [0.4, 0.5) is 15.8 Å². The van der Waals surface area contributed by atoms with E-state index in [4.69, 9.17) is 58.0 Å². The summed E-state index contributed by atoms with van der Waals surface area (Å²) in [5.74, 6) is -2.51. The van der Waals surface area contributed by atoms with Gasteiger partial charge in [-0.1, -0.05) is 40.9 Å². The van der Waals surface area contributed by atoms with Crippen molar-refractivity contribution in [3.8, 4) is 0 Å². The first-order valence-electron chi connectivity index (χ1n) is 10.4. The van der Waals surface area contributed by atoms with Gasteiger partial charge in [0.25, 0.3) is 5.91 Å². The number of benzene rings is 3. The summed E-state index contributed by atoms with van der Waals surface area (Å²) in [5.41, 5.74) is 2.43. The maximum atomic E-state index is 13.2. The molecule has 4 rings (SSSR count). The standard InChI is InChI=1S/C25H18Cl5FN2O2/c1-12-9-13(10-19(27)22(12)28)20-21(25(20,29)30)23(34)32-15-5-8-18(26)17(11-15)24(35)33(2)16-6-3-14(31)4-7-16/h3-11,20-21H,1-2H3,(H,32,34)/t20-,21+/m1/s1. The second kappa shape index (κ2) is 9.79. The Balaban J connectivity index is 1.54. The smallest absolute Gasteiger partial charge is 0.259 e. The van der Waals surface area contributed by atoms with Crippen molar-refractivity contribution in [2.75, 3.05) is 17.3 Å². The normalized spacial score (nSPS) is 18.2. The Labute approximate surface area is 226 Å². The van der Waals surface area contributed by atoms with Crippen molar-refractivity contribution in [2.24, 2.45) is 5.92 Å². The fourth-order valence-electron chi connectivity index (χ4n) is 3.95. The maximum Gasteiger partial charge on any atom is 0.259 e. The van der Waals surface area contributed by atoms with E-state index in [0.29, 0.717) is 27.0 Å². The average Bonchev–Trinajstić information content (AvgIpc) is 3.40. The van der Waals surface area contributed by atoms with Crippen LogP contribution in [0.5, 0.6) is 0 Å². The van der Waals surface area contributed by atoms with Crippen LogP contribution >= 0.6 is 58.0 Å². The zero-order valence-electron chi connectivity index (χ0n) is 18.4. The molecule has 2 atom stereocenters. The number of nitrogens with one attached hydrogen (secondary N) is 1. The van der Waals surface area contributed by atoms with Crippen LogP contribution in [-0.4, -0.2) is 23.2 Å². The molecule has 1 aliphatic rings. The van der Waals surface area contributed by atoms with Crippen molar-refractivity contribution in [3.05, 3.63) is 92.2 Å². The van der Waals surface area contributed by atoms with Crippen molar-refractivity contribution in [2.45, 2.75) is 17.2 Å². The molecule has 10 heteroatoms. The number of halogens is 6. The molecular formula is C25H18Cl5FN2O2. The van der Waals surface area contributed by atoms with Crippen molar-refractivity contribution in [1.82, 2.24) is 0 Å². The minimum Gasteiger partial charge on any atom is -0.326 e. The number of hydrogen-bond donors (Lipinski definition) is 1. The van der Waals surface area contributed by atoms with E-state index in [1.165, 1.54) is 41.3 Å². The summed E-state index contributed by atoms with van der Waals surface area (Å²) in [7, 11) is 1.54. The summed E-state index contributed by atoms with van der Waals surface area (Å²) in [4.78, 5) is 27.4. The van der Waals surface area contributed by atoms with Crippen molar-refractivity contribution in [1.29, 1.82) is 0 Å². The van der Waals surface area contributed by atoms with E-state index in [0.717, 1.165) is 5.56 Å². The molecule has 0 spiro atoms. The largest absolute Gasteiger partial charge is 0.326 e. The second-order valence-electron chi connectivity index (χ2n) is 8.29. The molecule has 3 aromatic rings. The number of aryl methyl sites for hydroxylation is 1. The van der Waals surface area contributed by atoms with Gasteiger partial charge in [-0.3, -0.25) is 9.59 Å². The molecule has 0 aromatic heterocycles. The average molecular weight is 575 g/mol. The van der Waals surface area contributed by atoms with Crippen LogP contribution in [0.2, 0.25) is 15.1 Å². The summed E-state index contributed by atoms with van der Waals surface area (Å²) in [6.07, 6.45) is 0. The van der Waals surface area contributed by atoms with Crippen LogP contribution in [0.3, 0.4) is 0 Å². The lowest BCUT2D eigenvalue weighted by Crippen LogP contribution is -2.26. The third-order valence-electron chi connectivity index (χ3n) is 5.91. The Morgan fingerprint density at radius 1 is 0.971 bits per heavy atom. The van der Waals surface area contributed by atoms with Gasteiger partial charge in [0.2, 0.25) is 5.91 Å². The monoisotopic (exact) mass is 572 g/mol. The van der Waals surface area contributed by atoms with E-state index in [2.05, 4.69) is 5.32 Å². The molecule has 2 amide bonds. The highest BCUT2D eigenvalue weighted by Gasteiger charge is 2.67. The summed E-state index contributed by atoms with van der Waals surface area (Å²) in [6.45, 7) is 1.80. The number of anilines is 2. The van der Waals surface area contributed by atoms with Crippen LogP contribution in [-0.2, 0) is 4.79 Å². The fraction of sp³-hybridized carbons (Fsp3) is 0.200. The molecule has 182 valence electrons. The van der Waals surface area contributed by atoms with Crippen molar-refractivity contribution < 1.29 is 14.0 Å². The molecule has 0 saturated heterocycles. The van der Waals surface area contributed by atoms with E-state index >= 15 is 0 Å². The van der Waals surface area contributed by atoms with E-state index in [1.54, 1.807) is 32.2 Å². The number of rotatable bonds is 5. The van der Waals surface area contributed by atoms with Gasteiger partial charge >= 0.3 is 0 Å². The molecule has 35 heavy (non-hydrogen) atoms. The first kappa shape index (κ1) is 26.1. The van der Waals surface area contributed by atoms with Gasteiger partial charge in [0.15, 0.2) is 0 Å². The molecular weight excluding hydrogens is 557 g/mol. The number of alkyl halides is 2. The molecule has 4 nitrogen and oxygen atoms in total. The quantitative estimate of drug-likeness (QED) is 0.315. The fourth-order valence-corrected chi connectivity index (χ4v) is 5.36. The van der Waals surface area contributed by atoms with Gasteiger partial charge < -0.3 is 10.2 Å². The molecule has 0 heterocycles. The second-order valence-corrected chi connectivity index (χ2v) is 10.9. The number of hydrogen-bond acceptors (Lipinski definition) is 2. The van der Waals surface area contributed by atoms with Gasteiger partial charge in [0.1, 0.15) is 10.2 Å². The van der Waals surface area contributed by atoms with Gasteiger partial charge in [-0.2, -0.15) is 0 Å². The van der Waals surface area contributed by atoms with Gasteiger partial charge in [-0.05, 0) is 66.6 Å². The Morgan fingerprint density at radius 3 is 2.26 bits per heavy atom. The maximum absolute atomic E-state index is 13.2. The summed E-state index contributed by atoms with van der Waals surface area (Å²) in [5, 5.41) is 3.74. The predicted octanol–water partition coefficient (Wildman–Crippen LogP) is 7.90. The van der Waals surface area contributed by atoms with Gasteiger partial charge in [0, 0.05) is 24.3 Å². The predicted molar refractivity (Wildman–Crippen MR) is 141 cm³/mol. The highest BCUT2D eigenvalue weighted by Crippen LogP contribution is 2.65. The van der Waals surface area contributed by atoms with Crippen molar-refractivity contribution >= 4 is 81.2 Å². The minimum absolute atomic E-state index is 0.159. The Hall–Kier alpha value is -2.02. The molecule has 3 aromatic carbocycles. The number of carbonyl (C=O) groups excluding carboxylic acids is 2. The van der Waals surface area contributed by atoms with E-state index < -0.39 is 33.8 Å². The number of carbonyl (C=O) groups is 2. The lowest BCUT2D eigenvalue weighted by molar-refractivity contribution is -0.117. The molecule has 0 aliphatic heterocycles. The van der Waals surface area contributed by atoms with Gasteiger partial charge in [-0.25, -0.2) is 4.39 Å². The first-order valence-corrected chi connectivity index (χ1v) is 12.3. The van der Waals surface area contributed by atoms with Crippen LogP contribution in [0.25, 0.3) is 0 Å². The lowest BCUT2D eigenvalue weighted by atomic mass is 10.1. The van der Waals surface area contributed by atoms with Crippen LogP contribution in [0.1, 0.15) is 27.4 Å². The van der Waals surface area contributed by atoms with Crippen LogP contribution in [0, 0.1) is 18.7 Å². The highest BCUT2D eigenvalue weighted by atomic mass is 35.5. The van der Waals surface area contributed by atoms with E-state index in [-0.39, 0.29) is 10.6 Å². The highest BCUT2D eigenvalue weighted by molar-refractivity contribution is 6.53. The van der Waals surface area contributed by atoms with Gasteiger partial charge in [-0.15, -0.1) is 23.2 Å². The summed E-state index contributed by atoms with van der Waals surface area (Å²) < 4.78 is 11.9.